The van der Waals surface area contributed by atoms with Crippen LogP contribution in [0.3, 0.4) is 0 Å². The molecule has 6 nitrogen and oxygen atoms in total. The minimum Gasteiger partial charge on any atom is -0.382 e. The lowest BCUT2D eigenvalue weighted by molar-refractivity contribution is 0.00779. The number of aliphatic hydroxyl groups is 2. The van der Waals surface area contributed by atoms with Crippen molar-refractivity contribution < 1.29 is 10.2 Å². The molecule has 0 bridgehead atoms. The number of aryl methyl sites for hydroxylation is 4. The number of imidazole rings is 2. The highest BCUT2D eigenvalue weighted by molar-refractivity contribution is 5.80. The molecule has 2 heterocycles. The average molecular weight is 350 g/mol. The monoisotopic (exact) mass is 350 g/mol. The van der Waals surface area contributed by atoms with Crippen molar-refractivity contribution in [1.29, 1.82) is 0 Å². The number of aliphatic hydroxyl groups excluding tert-OH is 2. The molecule has 0 amide bonds. The molecule has 2 aromatic carbocycles. The van der Waals surface area contributed by atoms with Gasteiger partial charge >= 0.3 is 0 Å². The molecule has 6 heteroatoms. The number of fused-ring (bicyclic) bond motifs is 2. The van der Waals surface area contributed by atoms with E-state index < -0.39 is 12.2 Å². The predicted molar refractivity (Wildman–Crippen MR) is 101 cm³/mol. The van der Waals surface area contributed by atoms with Gasteiger partial charge in [0.1, 0.15) is 23.9 Å². The molecular formula is C20H22N4O2. The molecule has 0 spiro atoms. The smallest absolute Gasteiger partial charge is 0.145 e. The SMILES string of the molecule is Cc1cc(C)c2nc(C(O)C(O)c3nc4c(C)cc(C)cc4[nH]3)[nH]c2c1. The summed E-state index contributed by atoms with van der Waals surface area (Å²) >= 11 is 0. The van der Waals surface area contributed by atoms with Crippen LogP contribution in [0.1, 0.15) is 46.1 Å². The third kappa shape index (κ3) is 2.67. The van der Waals surface area contributed by atoms with E-state index in [9.17, 15) is 10.2 Å². The molecule has 0 aliphatic carbocycles. The summed E-state index contributed by atoms with van der Waals surface area (Å²) in [6.07, 6.45) is -2.41. The minimum atomic E-state index is -1.20. The first kappa shape index (κ1) is 16.8. The highest BCUT2D eigenvalue weighted by Crippen LogP contribution is 2.30. The van der Waals surface area contributed by atoms with Crippen molar-refractivity contribution in [3.05, 3.63) is 58.2 Å². The Hall–Kier alpha value is -2.70. The molecular weight excluding hydrogens is 328 g/mol. The van der Waals surface area contributed by atoms with Gasteiger partial charge < -0.3 is 20.2 Å². The van der Waals surface area contributed by atoms with Gasteiger partial charge in [0, 0.05) is 0 Å². The molecule has 0 aliphatic heterocycles. The van der Waals surface area contributed by atoms with Crippen LogP contribution >= 0.6 is 0 Å². The predicted octanol–water partition coefficient (Wildman–Crippen LogP) is 3.44. The second-order valence-corrected chi connectivity index (χ2v) is 7.09. The molecule has 4 aromatic rings. The van der Waals surface area contributed by atoms with Crippen molar-refractivity contribution in [3.8, 4) is 0 Å². The molecule has 4 N–H and O–H groups in total. The summed E-state index contributed by atoms with van der Waals surface area (Å²) in [4.78, 5) is 15.2. The molecule has 0 saturated carbocycles. The van der Waals surface area contributed by atoms with E-state index in [4.69, 9.17) is 0 Å². The first-order valence-corrected chi connectivity index (χ1v) is 8.63. The van der Waals surface area contributed by atoms with Crippen LogP contribution in [0.2, 0.25) is 0 Å². The first-order valence-electron chi connectivity index (χ1n) is 8.63. The Labute approximate surface area is 150 Å². The second kappa shape index (κ2) is 5.93. The molecule has 2 aromatic heterocycles. The fourth-order valence-electron chi connectivity index (χ4n) is 3.56. The fourth-order valence-corrected chi connectivity index (χ4v) is 3.56. The summed E-state index contributed by atoms with van der Waals surface area (Å²) in [5, 5.41) is 21.3. The Balaban J connectivity index is 1.73. The number of benzene rings is 2. The molecule has 0 radical (unpaired) electrons. The summed E-state index contributed by atoms with van der Waals surface area (Å²) < 4.78 is 0. The maximum Gasteiger partial charge on any atom is 0.145 e. The highest BCUT2D eigenvalue weighted by Gasteiger charge is 2.26. The number of nitrogens with zero attached hydrogens (tertiary/aromatic N) is 2. The van der Waals surface area contributed by atoms with E-state index in [1.54, 1.807) is 0 Å². The average Bonchev–Trinajstić information content (AvgIpc) is 3.17. The summed E-state index contributed by atoms with van der Waals surface area (Å²) in [6, 6.07) is 8.04. The zero-order valence-corrected chi connectivity index (χ0v) is 15.3. The van der Waals surface area contributed by atoms with Crippen molar-refractivity contribution >= 4 is 22.1 Å². The third-order valence-electron chi connectivity index (χ3n) is 4.74. The van der Waals surface area contributed by atoms with Crippen LogP contribution in [0.4, 0.5) is 0 Å². The lowest BCUT2D eigenvalue weighted by atomic mass is 10.1. The largest absolute Gasteiger partial charge is 0.382 e. The zero-order valence-electron chi connectivity index (χ0n) is 15.3. The topological polar surface area (TPSA) is 97.8 Å². The molecule has 0 fully saturated rings. The Bertz CT molecular complexity index is 1040. The summed E-state index contributed by atoms with van der Waals surface area (Å²) in [5.74, 6) is 0.657. The maximum absolute atomic E-state index is 10.6. The number of H-pyrrole nitrogens is 2. The number of rotatable bonds is 3. The maximum atomic E-state index is 10.6. The van der Waals surface area contributed by atoms with Crippen molar-refractivity contribution in [1.82, 2.24) is 19.9 Å². The molecule has 2 atom stereocenters. The van der Waals surface area contributed by atoms with E-state index in [2.05, 4.69) is 19.9 Å². The summed E-state index contributed by atoms with van der Waals surface area (Å²) in [6.45, 7) is 7.98. The van der Waals surface area contributed by atoms with Crippen LogP contribution in [0.5, 0.6) is 0 Å². The minimum absolute atomic E-state index is 0.328. The molecule has 2 unspecified atom stereocenters. The number of hydrogen-bond acceptors (Lipinski definition) is 4. The van der Waals surface area contributed by atoms with Gasteiger partial charge in [-0.1, -0.05) is 12.1 Å². The van der Waals surface area contributed by atoms with Gasteiger partial charge in [-0.3, -0.25) is 0 Å². The molecule has 26 heavy (non-hydrogen) atoms. The van der Waals surface area contributed by atoms with Gasteiger partial charge in [0.05, 0.1) is 22.1 Å². The van der Waals surface area contributed by atoms with Gasteiger partial charge in [-0.15, -0.1) is 0 Å². The Kier molecular flexibility index (Phi) is 3.82. The quantitative estimate of drug-likeness (QED) is 0.455. The second-order valence-electron chi connectivity index (χ2n) is 7.09. The van der Waals surface area contributed by atoms with Gasteiger partial charge in [-0.25, -0.2) is 9.97 Å². The Morgan fingerprint density at radius 3 is 1.46 bits per heavy atom. The lowest BCUT2D eigenvalue weighted by Crippen LogP contribution is -2.13. The highest BCUT2D eigenvalue weighted by atomic mass is 16.3. The van der Waals surface area contributed by atoms with Crippen molar-refractivity contribution in [2.75, 3.05) is 0 Å². The van der Waals surface area contributed by atoms with Gasteiger partial charge in [0.2, 0.25) is 0 Å². The van der Waals surface area contributed by atoms with Crippen molar-refractivity contribution in [2.24, 2.45) is 0 Å². The van der Waals surface area contributed by atoms with Crippen LogP contribution in [0, 0.1) is 27.7 Å². The van der Waals surface area contributed by atoms with E-state index in [1.165, 1.54) is 0 Å². The van der Waals surface area contributed by atoms with E-state index in [0.717, 1.165) is 44.3 Å². The van der Waals surface area contributed by atoms with Gasteiger partial charge in [0.25, 0.3) is 0 Å². The fraction of sp³-hybridized carbons (Fsp3) is 0.300. The molecule has 134 valence electrons. The Morgan fingerprint density at radius 1 is 0.692 bits per heavy atom. The van der Waals surface area contributed by atoms with Gasteiger partial charge in [-0.05, 0) is 62.1 Å². The van der Waals surface area contributed by atoms with E-state index in [1.807, 2.05) is 52.0 Å². The standard InChI is InChI=1S/C20H22N4O2/c1-9-5-11(3)15-13(7-9)21-19(23-15)17(25)18(26)20-22-14-8-10(2)6-12(4)16(14)24-20/h5-8,17-18,25-26H,1-4H3,(H,21,23)(H,22,24). The van der Waals surface area contributed by atoms with Crippen LogP contribution in [0.15, 0.2) is 24.3 Å². The number of nitrogens with one attached hydrogen (secondary N) is 2. The number of aromatic nitrogens is 4. The van der Waals surface area contributed by atoms with Crippen LogP contribution < -0.4 is 0 Å². The molecule has 4 rings (SSSR count). The van der Waals surface area contributed by atoms with E-state index in [-0.39, 0.29) is 0 Å². The Morgan fingerprint density at radius 2 is 1.08 bits per heavy atom. The zero-order chi connectivity index (χ0) is 18.6. The first-order chi connectivity index (χ1) is 12.3. The van der Waals surface area contributed by atoms with Gasteiger partial charge in [0.15, 0.2) is 0 Å². The van der Waals surface area contributed by atoms with Crippen LogP contribution in [-0.2, 0) is 0 Å². The lowest BCUT2D eigenvalue weighted by Gasteiger charge is -2.13. The molecule has 0 saturated heterocycles. The summed E-state index contributed by atoms with van der Waals surface area (Å²) in [5.41, 5.74) is 7.57. The summed E-state index contributed by atoms with van der Waals surface area (Å²) in [7, 11) is 0. The number of aromatic amines is 2. The van der Waals surface area contributed by atoms with Crippen LogP contribution in [-0.4, -0.2) is 30.1 Å². The van der Waals surface area contributed by atoms with Crippen LogP contribution in [0.25, 0.3) is 22.1 Å². The van der Waals surface area contributed by atoms with E-state index in [0.29, 0.717) is 11.6 Å². The van der Waals surface area contributed by atoms with E-state index >= 15 is 0 Å². The van der Waals surface area contributed by atoms with Crippen molar-refractivity contribution in [3.63, 3.8) is 0 Å². The molecule has 0 aliphatic rings. The van der Waals surface area contributed by atoms with Crippen molar-refractivity contribution in [2.45, 2.75) is 39.9 Å². The van der Waals surface area contributed by atoms with Gasteiger partial charge in [-0.2, -0.15) is 0 Å². The number of hydrogen-bond donors (Lipinski definition) is 4. The third-order valence-corrected chi connectivity index (χ3v) is 4.74. The normalized spacial score (nSPS) is 14.2.